The van der Waals surface area contributed by atoms with Crippen LogP contribution in [0.3, 0.4) is 0 Å². The Balaban J connectivity index is 2.00. The van der Waals surface area contributed by atoms with Crippen LogP contribution < -0.4 is 5.32 Å². The fraction of sp³-hybridized carbons (Fsp3) is 0.538. The summed E-state index contributed by atoms with van der Waals surface area (Å²) in [6, 6.07) is 4.88. The topological polar surface area (TPSA) is 75.4 Å². The first-order valence-corrected chi connectivity index (χ1v) is 7.04. The Morgan fingerprint density at radius 1 is 1.63 bits per heavy atom. The van der Waals surface area contributed by atoms with Gasteiger partial charge in [-0.05, 0) is 36.3 Å². The highest BCUT2D eigenvalue weighted by atomic mass is 79.9. The number of hydrogen-bond acceptors (Lipinski definition) is 4. The van der Waals surface area contributed by atoms with Gasteiger partial charge in [-0.15, -0.1) is 0 Å². The van der Waals surface area contributed by atoms with Gasteiger partial charge in [0.05, 0.1) is 4.92 Å². The molecule has 1 aliphatic carbocycles. The number of nitro groups is 1. The summed E-state index contributed by atoms with van der Waals surface area (Å²) in [4.78, 5) is 10.6. The second-order valence-corrected chi connectivity index (χ2v) is 6.24. The SMILES string of the molecule is C[C@@]1(CCO)C[C@H]1CNc1cc(Br)ccc1[N+](=O)[O-]. The third kappa shape index (κ3) is 3.25. The van der Waals surface area contributed by atoms with E-state index in [0.717, 1.165) is 17.3 Å². The number of anilines is 1. The Hall–Kier alpha value is -1.14. The first-order valence-electron chi connectivity index (χ1n) is 6.25. The van der Waals surface area contributed by atoms with E-state index in [-0.39, 0.29) is 22.6 Å². The highest BCUT2D eigenvalue weighted by Crippen LogP contribution is 2.54. The number of aliphatic hydroxyl groups is 1. The summed E-state index contributed by atoms with van der Waals surface area (Å²) in [7, 11) is 0. The number of benzene rings is 1. The van der Waals surface area contributed by atoms with Gasteiger partial charge in [0.15, 0.2) is 0 Å². The fourth-order valence-corrected chi connectivity index (χ4v) is 2.79. The largest absolute Gasteiger partial charge is 0.396 e. The minimum Gasteiger partial charge on any atom is -0.396 e. The Morgan fingerprint density at radius 3 is 3.00 bits per heavy atom. The van der Waals surface area contributed by atoms with E-state index in [2.05, 4.69) is 28.2 Å². The number of rotatable bonds is 6. The average molecular weight is 329 g/mol. The summed E-state index contributed by atoms with van der Waals surface area (Å²) in [6.45, 7) is 3.04. The molecule has 5 nitrogen and oxygen atoms in total. The zero-order chi connectivity index (χ0) is 14.0. The molecule has 6 heteroatoms. The lowest BCUT2D eigenvalue weighted by atomic mass is 10.0. The van der Waals surface area contributed by atoms with Gasteiger partial charge in [-0.1, -0.05) is 22.9 Å². The van der Waals surface area contributed by atoms with Gasteiger partial charge < -0.3 is 10.4 Å². The van der Waals surface area contributed by atoms with Crippen molar-refractivity contribution >= 4 is 27.3 Å². The molecule has 1 fully saturated rings. The second kappa shape index (κ2) is 5.46. The third-order valence-corrected chi connectivity index (χ3v) is 4.41. The van der Waals surface area contributed by atoms with Crippen molar-refractivity contribution in [1.82, 2.24) is 0 Å². The Kier molecular flexibility index (Phi) is 4.10. The van der Waals surface area contributed by atoms with Crippen LogP contribution in [0.1, 0.15) is 19.8 Å². The molecule has 0 amide bonds. The van der Waals surface area contributed by atoms with E-state index in [1.54, 1.807) is 12.1 Å². The van der Waals surface area contributed by atoms with E-state index in [0.29, 0.717) is 18.2 Å². The van der Waals surface area contributed by atoms with Gasteiger partial charge in [-0.3, -0.25) is 10.1 Å². The smallest absolute Gasteiger partial charge is 0.292 e. The van der Waals surface area contributed by atoms with Gasteiger partial charge in [0, 0.05) is 23.7 Å². The highest BCUT2D eigenvalue weighted by molar-refractivity contribution is 9.10. The van der Waals surface area contributed by atoms with Crippen LogP contribution in [0.4, 0.5) is 11.4 Å². The van der Waals surface area contributed by atoms with Crippen molar-refractivity contribution in [2.45, 2.75) is 19.8 Å². The van der Waals surface area contributed by atoms with Crippen LogP contribution in [0.25, 0.3) is 0 Å². The zero-order valence-corrected chi connectivity index (χ0v) is 12.3. The first kappa shape index (κ1) is 14.3. The summed E-state index contributed by atoms with van der Waals surface area (Å²) < 4.78 is 0.814. The van der Waals surface area contributed by atoms with E-state index >= 15 is 0 Å². The van der Waals surface area contributed by atoms with E-state index in [1.807, 2.05) is 0 Å². The second-order valence-electron chi connectivity index (χ2n) is 5.33. The molecular weight excluding hydrogens is 312 g/mol. The quantitative estimate of drug-likeness (QED) is 0.621. The third-order valence-electron chi connectivity index (χ3n) is 3.92. The fourth-order valence-electron chi connectivity index (χ4n) is 2.43. The molecule has 0 aliphatic heterocycles. The lowest BCUT2D eigenvalue weighted by Gasteiger charge is -2.11. The van der Waals surface area contributed by atoms with Crippen LogP contribution in [0, 0.1) is 21.4 Å². The molecule has 104 valence electrons. The van der Waals surface area contributed by atoms with Crippen molar-refractivity contribution in [3.8, 4) is 0 Å². The van der Waals surface area contributed by atoms with E-state index in [4.69, 9.17) is 5.11 Å². The summed E-state index contributed by atoms with van der Waals surface area (Å²) in [5, 5.41) is 23.1. The lowest BCUT2D eigenvalue weighted by molar-refractivity contribution is -0.384. The van der Waals surface area contributed by atoms with Crippen molar-refractivity contribution < 1.29 is 10.0 Å². The summed E-state index contributed by atoms with van der Waals surface area (Å²) in [5.74, 6) is 0.471. The average Bonchev–Trinajstić information content (AvgIpc) is 2.97. The van der Waals surface area contributed by atoms with E-state index < -0.39 is 0 Å². The zero-order valence-electron chi connectivity index (χ0n) is 10.7. The minimum absolute atomic E-state index is 0.0905. The maximum atomic E-state index is 10.9. The molecule has 0 radical (unpaired) electrons. The van der Waals surface area contributed by atoms with Crippen LogP contribution in [-0.4, -0.2) is 23.2 Å². The Morgan fingerprint density at radius 2 is 2.37 bits per heavy atom. The van der Waals surface area contributed by atoms with Crippen molar-refractivity contribution in [2.24, 2.45) is 11.3 Å². The maximum Gasteiger partial charge on any atom is 0.292 e. The van der Waals surface area contributed by atoms with Gasteiger partial charge in [-0.25, -0.2) is 0 Å². The Bertz CT molecular complexity index is 495. The molecule has 2 atom stereocenters. The van der Waals surface area contributed by atoms with Crippen LogP contribution >= 0.6 is 15.9 Å². The first-order chi connectivity index (χ1) is 8.96. The van der Waals surface area contributed by atoms with Crippen LogP contribution in [0.2, 0.25) is 0 Å². The number of nitrogens with zero attached hydrogens (tertiary/aromatic N) is 1. The van der Waals surface area contributed by atoms with Crippen LogP contribution in [-0.2, 0) is 0 Å². The molecule has 1 saturated carbocycles. The molecule has 0 unspecified atom stereocenters. The van der Waals surface area contributed by atoms with Gasteiger partial charge in [0.2, 0.25) is 0 Å². The summed E-state index contributed by atoms with van der Waals surface area (Å²) in [5.41, 5.74) is 0.813. The van der Waals surface area contributed by atoms with Gasteiger partial charge in [0.25, 0.3) is 5.69 Å². The van der Waals surface area contributed by atoms with Gasteiger partial charge >= 0.3 is 0 Å². The predicted octanol–water partition coefficient (Wildman–Crippen LogP) is 3.18. The van der Waals surface area contributed by atoms with Crippen molar-refractivity contribution in [3.63, 3.8) is 0 Å². The van der Waals surface area contributed by atoms with Crippen LogP contribution in [0.15, 0.2) is 22.7 Å². The van der Waals surface area contributed by atoms with Gasteiger partial charge in [-0.2, -0.15) is 0 Å². The predicted molar refractivity (Wildman–Crippen MR) is 77.2 cm³/mol. The van der Waals surface area contributed by atoms with Crippen LogP contribution in [0.5, 0.6) is 0 Å². The molecule has 0 saturated heterocycles. The molecule has 1 aromatic carbocycles. The van der Waals surface area contributed by atoms with E-state index in [9.17, 15) is 10.1 Å². The molecule has 0 aromatic heterocycles. The Labute approximate surface area is 120 Å². The number of halogens is 1. The van der Waals surface area contributed by atoms with Crippen molar-refractivity contribution in [2.75, 3.05) is 18.5 Å². The van der Waals surface area contributed by atoms with Gasteiger partial charge in [0.1, 0.15) is 5.69 Å². The highest BCUT2D eigenvalue weighted by Gasteiger charge is 2.48. The summed E-state index contributed by atoms with van der Waals surface area (Å²) >= 11 is 3.32. The molecule has 1 aliphatic rings. The number of nitrogens with one attached hydrogen (secondary N) is 1. The number of aliphatic hydroxyl groups excluding tert-OH is 1. The minimum atomic E-state index is -0.380. The molecule has 1 aromatic rings. The molecule has 0 heterocycles. The molecular formula is C13H17BrN2O3. The maximum absolute atomic E-state index is 10.9. The number of hydrogen-bond donors (Lipinski definition) is 2. The number of nitro benzene ring substituents is 1. The standard InChI is InChI=1S/C13H17BrN2O3/c1-13(4-5-17)7-9(13)8-15-11-6-10(14)2-3-12(11)16(18)19/h2-3,6,9,15,17H,4-5,7-8H2,1H3/t9-,13+/m0/s1. The molecule has 0 bridgehead atoms. The molecule has 0 spiro atoms. The van der Waals surface area contributed by atoms with Crippen molar-refractivity contribution in [1.29, 1.82) is 0 Å². The normalized spacial score (nSPS) is 25.1. The van der Waals surface area contributed by atoms with Crippen molar-refractivity contribution in [3.05, 3.63) is 32.8 Å². The molecule has 2 N–H and O–H groups in total. The van der Waals surface area contributed by atoms with E-state index in [1.165, 1.54) is 6.07 Å². The molecule has 2 rings (SSSR count). The molecule has 19 heavy (non-hydrogen) atoms. The monoisotopic (exact) mass is 328 g/mol. The summed E-state index contributed by atoms with van der Waals surface area (Å²) in [6.07, 6.45) is 1.85. The lowest BCUT2D eigenvalue weighted by Crippen LogP contribution is -2.11.